The monoisotopic (exact) mass is 278 g/mol. The van der Waals surface area contributed by atoms with Gasteiger partial charge in [0.05, 0.1) is 4.90 Å². The normalized spacial score (nSPS) is 11.3. The minimum Gasteiger partial charge on any atom is -0.366 e. The van der Waals surface area contributed by atoms with Crippen LogP contribution in [0.1, 0.15) is 11.3 Å². The molecule has 0 fully saturated rings. The average molecular weight is 278 g/mol. The summed E-state index contributed by atoms with van der Waals surface area (Å²) in [7, 11) is -3.63. The second-order valence-corrected chi connectivity index (χ2v) is 5.65. The molecule has 6 nitrogen and oxygen atoms in total. The maximum atomic E-state index is 11.1. The molecule has 3 N–H and O–H groups in total. The first kappa shape index (κ1) is 13.4. The minimum absolute atomic E-state index is 0.106. The van der Waals surface area contributed by atoms with Crippen molar-refractivity contribution in [3.8, 4) is 0 Å². The molecular formula is C12H14N4O2S. The van der Waals surface area contributed by atoms with E-state index in [2.05, 4.69) is 15.3 Å². The predicted octanol–water partition coefficient (Wildman–Crippen LogP) is 1.04. The van der Waals surface area contributed by atoms with Crippen molar-refractivity contribution >= 4 is 15.8 Å². The SMILES string of the molecule is Cc1cc(NCc2ccc(S(N)(=O)=O)cc2)ncn1. The van der Waals surface area contributed by atoms with Crippen LogP contribution >= 0.6 is 0 Å². The number of rotatable bonds is 4. The quantitative estimate of drug-likeness (QED) is 0.871. The maximum Gasteiger partial charge on any atom is 0.238 e. The fourth-order valence-corrected chi connectivity index (χ4v) is 2.06. The topological polar surface area (TPSA) is 98.0 Å². The van der Waals surface area contributed by atoms with E-state index in [0.717, 1.165) is 17.1 Å². The summed E-state index contributed by atoms with van der Waals surface area (Å²) < 4.78 is 22.2. The molecule has 0 atom stereocenters. The van der Waals surface area contributed by atoms with Crippen LogP contribution in [0.2, 0.25) is 0 Å². The molecule has 1 heterocycles. The van der Waals surface area contributed by atoms with Crippen molar-refractivity contribution in [1.82, 2.24) is 9.97 Å². The molecule has 2 aromatic rings. The third-order valence-corrected chi connectivity index (χ3v) is 3.46. The Morgan fingerprint density at radius 1 is 1.21 bits per heavy atom. The van der Waals surface area contributed by atoms with E-state index in [-0.39, 0.29) is 4.90 Å². The molecule has 0 amide bonds. The third kappa shape index (κ3) is 3.73. The number of hydrogen-bond donors (Lipinski definition) is 2. The molecule has 0 unspecified atom stereocenters. The van der Waals surface area contributed by atoms with Gasteiger partial charge in [-0.05, 0) is 24.6 Å². The van der Waals surface area contributed by atoms with E-state index < -0.39 is 10.0 Å². The van der Waals surface area contributed by atoms with Crippen molar-refractivity contribution < 1.29 is 8.42 Å². The van der Waals surface area contributed by atoms with Gasteiger partial charge in [0, 0.05) is 18.3 Å². The largest absolute Gasteiger partial charge is 0.366 e. The minimum atomic E-state index is -3.63. The van der Waals surface area contributed by atoms with E-state index in [1.807, 2.05) is 13.0 Å². The smallest absolute Gasteiger partial charge is 0.238 e. The molecule has 0 radical (unpaired) electrons. The summed E-state index contributed by atoms with van der Waals surface area (Å²) in [6, 6.07) is 8.22. The highest BCUT2D eigenvalue weighted by Crippen LogP contribution is 2.10. The molecule has 0 saturated carbocycles. The number of sulfonamides is 1. The van der Waals surface area contributed by atoms with Gasteiger partial charge >= 0.3 is 0 Å². The molecule has 0 spiro atoms. The van der Waals surface area contributed by atoms with E-state index in [1.165, 1.54) is 18.5 Å². The molecule has 7 heteroatoms. The Kier molecular flexibility index (Phi) is 3.77. The van der Waals surface area contributed by atoms with Gasteiger partial charge in [-0.25, -0.2) is 23.5 Å². The number of nitrogens with zero attached hydrogens (tertiary/aromatic N) is 2. The van der Waals surface area contributed by atoms with Gasteiger partial charge in [0.15, 0.2) is 0 Å². The Balaban J connectivity index is 2.05. The van der Waals surface area contributed by atoms with E-state index in [0.29, 0.717) is 6.54 Å². The van der Waals surface area contributed by atoms with E-state index in [9.17, 15) is 8.42 Å². The fourth-order valence-electron chi connectivity index (χ4n) is 1.54. The van der Waals surface area contributed by atoms with E-state index in [4.69, 9.17) is 5.14 Å². The Bertz CT molecular complexity index is 668. The summed E-state index contributed by atoms with van der Waals surface area (Å²) in [6.45, 7) is 2.43. The van der Waals surface area contributed by atoms with E-state index in [1.54, 1.807) is 12.1 Å². The van der Waals surface area contributed by atoms with Gasteiger partial charge in [0.2, 0.25) is 10.0 Å². The van der Waals surface area contributed by atoms with Gasteiger partial charge in [-0.3, -0.25) is 0 Å². The predicted molar refractivity (Wildman–Crippen MR) is 71.9 cm³/mol. The van der Waals surface area contributed by atoms with Crippen LogP contribution in [0.4, 0.5) is 5.82 Å². The van der Waals surface area contributed by atoms with Gasteiger partial charge in [0.25, 0.3) is 0 Å². The Hall–Kier alpha value is -1.99. The van der Waals surface area contributed by atoms with Crippen molar-refractivity contribution in [1.29, 1.82) is 0 Å². The molecule has 100 valence electrons. The molecule has 19 heavy (non-hydrogen) atoms. The summed E-state index contributed by atoms with van der Waals surface area (Å²) >= 11 is 0. The molecule has 0 saturated heterocycles. The van der Waals surface area contributed by atoms with Gasteiger partial charge in [-0.1, -0.05) is 12.1 Å². The lowest BCUT2D eigenvalue weighted by atomic mass is 10.2. The average Bonchev–Trinajstić information content (AvgIpc) is 2.36. The Morgan fingerprint density at radius 2 is 1.89 bits per heavy atom. The van der Waals surface area contributed by atoms with Crippen molar-refractivity contribution in [2.75, 3.05) is 5.32 Å². The molecule has 1 aromatic heterocycles. The lowest BCUT2D eigenvalue weighted by Crippen LogP contribution is -2.12. The summed E-state index contributed by atoms with van der Waals surface area (Å²) in [6.07, 6.45) is 1.49. The fraction of sp³-hybridized carbons (Fsp3) is 0.167. The number of aryl methyl sites for hydroxylation is 1. The van der Waals surface area contributed by atoms with Crippen LogP contribution in [0.25, 0.3) is 0 Å². The highest BCUT2D eigenvalue weighted by Gasteiger charge is 2.06. The number of nitrogens with one attached hydrogen (secondary N) is 1. The highest BCUT2D eigenvalue weighted by molar-refractivity contribution is 7.89. The summed E-state index contributed by atoms with van der Waals surface area (Å²) in [4.78, 5) is 8.18. The standard InChI is InChI=1S/C12H14N4O2S/c1-9-6-12(16-8-15-9)14-7-10-2-4-11(5-3-10)19(13,17)18/h2-6,8H,7H2,1H3,(H2,13,17,18)(H,14,15,16). The number of benzene rings is 1. The van der Waals surface area contributed by atoms with Crippen LogP contribution in [-0.4, -0.2) is 18.4 Å². The molecule has 0 aliphatic heterocycles. The second-order valence-electron chi connectivity index (χ2n) is 4.09. The van der Waals surface area contributed by atoms with Crippen molar-refractivity contribution in [3.05, 3.63) is 47.9 Å². The zero-order valence-electron chi connectivity index (χ0n) is 10.4. The molecule has 1 aromatic carbocycles. The molecular weight excluding hydrogens is 264 g/mol. The van der Waals surface area contributed by atoms with Gasteiger partial charge < -0.3 is 5.32 Å². The number of primary sulfonamides is 1. The highest BCUT2D eigenvalue weighted by atomic mass is 32.2. The lowest BCUT2D eigenvalue weighted by Gasteiger charge is -2.06. The first-order chi connectivity index (χ1) is 8.95. The number of aromatic nitrogens is 2. The van der Waals surface area contributed by atoms with Crippen LogP contribution in [0, 0.1) is 6.92 Å². The summed E-state index contributed by atoms with van der Waals surface area (Å²) in [5, 5.41) is 8.16. The van der Waals surface area contributed by atoms with Crippen LogP contribution < -0.4 is 10.5 Å². The zero-order valence-corrected chi connectivity index (χ0v) is 11.2. The number of anilines is 1. The van der Waals surface area contributed by atoms with Gasteiger partial charge in [-0.15, -0.1) is 0 Å². The van der Waals surface area contributed by atoms with Crippen LogP contribution in [0.5, 0.6) is 0 Å². The molecule has 0 aliphatic rings. The van der Waals surface area contributed by atoms with E-state index >= 15 is 0 Å². The first-order valence-electron chi connectivity index (χ1n) is 5.59. The van der Waals surface area contributed by atoms with Crippen molar-refractivity contribution in [2.24, 2.45) is 5.14 Å². The van der Waals surface area contributed by atoms with Crippen molar-refractivity contribution in [3.63, 3.8) is 0 Å². The van der Waals surface area contributed by atoms with Crippen LogP contribution in [-0.2, 0) is 16.6 Å². The Morgan fingerprint density at radius 3 is 2.47 bits per heavy atom. The Labute approximate surface area is 111 Å². The van der Waals surface area contributed by atoms with Gasteiger partial charge in [0.1, 0.15) is 12.1 Å². The summed E-state index contributed by atoms with van der Waals surface area (Å²) in [5.41, 5.74) is 1.81. The maximum absolute atomic E-state index is 11.1. The number of hydrogen-bond acceptors (Lipinski definition) is 5. The molecule has 0 aliphatic carbocycles. The third-order valence-electron chi connectivity index (χ3n) is 2.53. The summed E-state index contributed by atoms with van der Waals surface area (Å²) in [5.74, 6) is 0.725. The zero-order chi connectivity index (χ0) is 13.9. The second kappa shape index (κ2) is 5.33. The van der Waals surface area contributed by atoms with Gasteiger partial charge in [-0.2, -0.15) is 0 Å². The van der Waals surface area contributed by atoms with Crippen LogP contribution in [0.15, 0.2) is 41.6 Å². The first-order valence-corrected chi connectivity index (χ1v) is 7.14. The van der Waals surface area contributed by atoms with Crippen molar-refractivity contribution in [2.45, 2.75) is 18.4 Å². The number of nitrogens with two attached hydrogens (primary N) is 1. The lowest BCUT2D eigenvalue weighted by molar-refractivity contribution is 0.598. The molecule has 0 bridgehead atoms. The van der Waals surface area contributed by atoms with Crippen LogP contribution in [0.3, 0.4) is 0 Å². The molecule has 2 rings (SSSR count).